The molecule has 1 N–H and O–H groups in total. The Kier molecular flexibility index (Phi) is 5.40. The van der Waals surface area contributed by atoms with Gasteiger partial charge in [0, 0.05) is 25.6 Å². The van der Waals surface area contributed by atoms with Crippen LogP contribution < -0.4 is 5.32 Å². The van der Waals surface area contributed by atoms with E-state index in [9.17, 15) is 0 Å². The van der Waals surface area contributed by atoms with Crippen molar-refractivity contribution in [3.05, 3.63) is 17.0 Å². The van der Waals surface area contributed by atoms with Gasteiger partial charge in [0.25, 0.3) is 0 Å². The van der Waals surface area contributed by atoms with E-state index in [2.05, 4.69) is 27.1 Å². The molecule has 1 aromatic heterocycles. The molecule has 2 heterocycles. The van der Waals surface area contributed by atoms with Crippen LogP contribution in [0.3, 0.4) is 0 Å². The molecule has 5 heteroatoms. The Morgan fingerprint density at radius 1 is 1.37 bits per heavy atom. The number of hydrogen-bond acceptors (Lipinski definition) is 4. The molecule has 106 valence electrons. The standard InChI is InChI=1S/C14H23ClN4/c1-3-13-17-12(15)8-14(18-13)16-9-11(2)10-19-6-4-5-7-19/h8,11H,3-7,9-10H2,1-2H3,(H,16,17,18). The van der Waals surface area contributed by atoms with Crippen LogP contribution in [0.5, 0.6) is 0 Å². The summed E-state index contributed by atoms with van der Waals surface area (Å²) < 4.78 is 0. The average Bonchev–Trinajstić information content (AvgIpc) is 2.88. The van der Waals surface area contributed by atoms with Gasteiger partial charge in [-0.25, -0.2) is 9.97 Å². The van der Waals surface area contributed by atoms with E-state index in [1.807, 2.05) is 6.92 Å². The Labute approximate surface area is 120 Å². The molecule has 1 aliphatic heterocycles. The van der Waals surface area contributed by atoms with Crippen LogP contribution in [-0.2, 0) is 6.42 Å². The summed E-state index contributed by atoms with van der Waals surface area (Å²) in [6, 6.07) is 1.79. The van der Waals surface area contributed by atoms with E-state index in [-0.39, 0.29) is 0 Å². The van der Waals surface area contributed by atoms with Crippen molar-refractivity contribution in [2.45, 2.75) is 33.1 Å². The predicted octanol–water partition coefficient (Wildman–Crippen LogP) is 2.84. The first-order valence-electron chi connectivity index (χ1n) is 7.17. The summed E-state index contributed by atoms with van der Waals surface area (Å²) in [5.74, 6) is 2.24. The summed E-state index contributed by atoms with van der Waals surface area (Å²) in [5.41, 5.74) is 0. The van der Waals surface area contributed by atoms with Crippen LogP contribution >= 0.6 is 11.6 Å². The van der Waals surface area contributed by atoms with Gasteiger partial charge < -0.3 is 10.2 Å². The molecular weight excluding hydrogens is 260 g/mol. The number of nitrogens with one attached hydrogen (secondary N) is 1. The molecule has 1 saturated heterocycles. The van der Waals surface area contributed by atoms with Crippen LogP contribution in [0.25, 0.3) is 0 Å². The quantitative estimate of drug-likeness (QED) is 0.815. The summed E-state index contributed by atoms with van der Waals surface area (Å²) >= 11 is 5.98. The third-order valence-corrected chi connectivity index (χ3v) is 3.65. The van der Waals surface area contributed by atoms with Gasteiger partial charge in [0.05, 0.1) is 0 Å². The van der Waals surface area contributed by atoms with E-state index in [1.54, 1.807) is 6.07 Å². The van der Waals surface area contributed by atoms with Crippen molar-refractivity contribution in [1.29, 1.82) is 0 Å². The molecular formula is C14H23ClN4. The number of aryl methyl sites for hydroxylation is 1. The maximum atomic E-state index is 5.98. The lowest BCUT2D eigenvalue weighted by atomic mass is 10.1. The zero-order chi connectivity index (χ0) is 13.7. The SMILES string of the molecule is CCc1nc(Cl)cc(NCC(C)CN2CCCC2)n1. The lowest BCUT2D eigenvalue weighted by Crippen LogP contribution is -2.29. The number of rotatable bonds is 6. The second-order valence-corrected chi connectivity index (χ2v) is 5.73. The summed E-state index contributed by atoms with van der Waals surface area (Å²) in [7, 11) is 0. The van der Waals surface area contributed by atoms with Gasteiger partial charge in [0.2, 0.25) is 0 Å². The number of halogens is 1. The Hall–Kier alpha value is -0.870. The van der Waals surface area contributed by atoms with E-state index in [1.165, 1.54) is 25.9 Å². The van der Waals surface area contributed by atoms with E-state index in [4.69, 9.17) is 11.6 Å². The van der Waals surface area contributed by atoms with Crippen molar-refractivity contribution in [3.63, 3.8) is 0 Å². The molecule has 19 heavy (non-hydrogen) atoms. The Balaban J connectivity index is 1.82. The van der Waals surface area contributed by atoms with Gasteiger partial charge in [0.1, 0.15) is 16.8 Å². The first-order valence-corrected chi connectivity index (χ1v) is 7.55. The predicted molar refractivity (Wildman–Crippen MR) is 79.7 cm³/mol. The van der Waals surface area contributed by atoms with Crippen LogP contribution in [0.4, 0.5) is 5.82 Å². The molecule has 0 spiro atoms. The van der Waals surface area contributed by atoms with Crippen LogP contribution in [-0.4, -0.2) is 41.0 Å². The monoisotopic (exact) mass is 282 g/mol. The van der Waals surface area contributed by atoms with Crippen molar-refractivity contribution in [3.8, 4) is 0 Å². The number of nitrogens with zero attached hydrogens (tertiary/aromatic N) is 3. The highest BCUT2D eigenvalue weighted by atomic mass is 35.5. The molecule has 2 rings (SSSR count). The van der Waals surface area contributed by atoms with Crippen molar-refractivity contribution in [2.75, 3.05) is 31.5 Å². The Morgan fingerprint density at radius 3 is 2.79 bits per heavy atom. The minimum absolute atomic E-state index is 0.515. The normalized spacial score (nSPS) is 17.6. The van der Waals surface area contributed by atoms with E-state index in [0.29, 0.717) is 11.1 Å². The van der Waals surface area contributed by atoms with Crippen LogP contribution in [0, 0.1) is 5.92 Å². The molecule has 0 radical (unpaired) electrons. The van der Waals surface area contributed by atoms with E-state index in [0.717, 1.165) is 31.2 Å². The van der Waals surface area contributed by atoms with Crippen LogP contribution in [0.2, 0.25) is 5.15 Å². The van der Waals surface area contributed by atoms with Gasteiger partial charge in [-0.3, -0.25) is 0 Å². The summed E-state index contributed by atoms with van der Waals surface area (Å²) in [4.78, 5) is 11.1. The summed E-state index contributed by atoms with van der Waals surface area (Å²) in [6.45, 7) is 8.90. The van der Waals surface area contributed by atoms with Crippen molar-refractivity contribution in [2.24, 2.45) is 5.92 Å². The molecule has 0 aliphatic carbocycles. The van der Waals surface area contributed by atoms with Gasteiger partial charge in [-0.15, -0.1) is 0 Å². The number of likely N-dealkylation sites (tertiary alicyclic amines) is 1. The zero-order valence-corrected chi connectivity index (χ0v) is 12.6. The molecule has 1 aliphatic rings. The van der Waals surface area contributed by atoms with Crippen LogP contribution in [0.15, 0.2) is 6.07 Å². The first kappa shape index (κ1) is 14.5. The highest BCUT2D eigenvalue weighted by Gasteiger charge is 2.14. The van der Waals surface area contributed by atoms with Crippen molar-refractivity contribution >= 4 is 17.4 Å². The lowest BCUT2D eigenvalue weighted by molar-refractivity contribution is 0.294. The third kappa shape index (κ3) is 4.62. The first-order chi connectivity index (χ1) is 9.17. The van der Waals surface area contributed by atoms with Gasteiger partial charge >= 0.3 is 0 Å². The smallest absolute Gasteiger partial charge is 0.134 e. The molecule has 1 atom stereocenters. The zero-order valence-electron chi connectivity index (χ0n) is 11.8. The van der Waals surface area contributed by atoms with E-state index < -0.39 is 0 Å². The lowest BCUT2D eigenvalue weighted by Gasteiger charge is -2.20. The summed E-state index contributed by atoms with van der Waals surface area (Å²) in [6.07, 6.45) is 3.50. The van der Waals surface area contributed by atoms with Crippen molar-refractivity contribution in [1.82, 2.24) is 14.9 Å². The van der Waals surface area contributed by atoms with E-state index >= 15 is 0 Å². The van der Waals surface area contributed by atoms with Gasteiger partial charge in [-0.2, -0.15) is 0 Å². The third-order valence-electron chi connectivity index (χ3n) is 3.46. The fourth-order valence-corrected chi connectivity index (χ4v) is 2.66. The minimum atomic E-state index is 0.515. The minimum Gasteiger partial charge on any atom is -0.370 e. The molecule has 1 aromatic rings. The van der Waals surface area contributed by atoms with Crippen molar-refractivity contribution < 1.29 is 0 Å². The molecule has 0 amide bonds. The fourth-order valence-electron chi connectivity index (χ4n) is 2.46. The van der Waals surface area contributed by atoms with Gasteiger partial charge in [0.15, 0.2) is 0 Å². The molecule has 1 unspecified atom stereocenters. The topological polar surface area (TPSA) is 41.1 Å². The maximum absolute atomic E-state index is 5.98. The molecule has 0 bridgehead atoms. The number of hydrogen-bond donors (Lipinski definition) is 1. The highest BCUT2D eigenvalue weighted by Crippen LogP contribution is 2.14. The van der Waals surface area contributed by atoms with Gasteiger partial charge in [-0.05, 0) is 31.8 Å². The summed E-state index contributed by atoms with van der Waals surface area (Å²) in [5, 5.41) is 3.89. The fraction of sp³-hybridized carbons (Fsp3) is 0.714. The molecule has 0 saturated carbocycles. The average molecular weight is 283 g/mol. The second-order valence-electron chi connectivity index (χ2n) is 5.34. The Morgan fingerprint density at radius 2 is 2.11 bits per heavy atom. The maximum Gasteiger partial charge on any atom is 0.134 e. The largest absolute Gasteiger partial charge is 0.370 e. The second kappa shape index (κ2) is 7.06. The van der Waals surface area contributed by atoms with Gasteiger partial charge in [-0.1, -0.05) is 25.4 Å². The Bertz CT molecular complexity index is 404. The number of aromatic nitrogens is 2. The molecule has 1 fully saturated rings. The number of anilines is 1. The van der Waals surface area contributed by atoms with Crippen LogP contribution in [0.1, 0.15) is 32.5 Å². The highest BCUT2D eigenvalue weighted by molar-refractivity contribution is 6.29. The molecule has 4 nitrogen and oxygen atoms in total. The molecule has 0 aromatic carbocycles.